The number of para-hydroxylation sites is 2. The second kappa shape index (κ2) is 10.6. The topological polar surface area (TPSA) is 9.86 Å². The molecule has 0 bridgehead atoms. The van der Waals surface area contributed by atoms with Crippen molar-refractivity contribution in [1.29, 1.82) is 0 Å². The molecule has 0 unspecified atom stereocenters. The first-order valence-corrected chi connectivity index (χ1v) is 17.3. The van der Waals surface area contributed by atoms with E-state index in [1.165, 1.54) is 98.7 Å². The van der Waals surface area contributed by atoms with Gasteiger partial charge in [0.25, 0.3) is 0 Å². The monoisotopic (exact) mass is 620 g/mol. The number of fused-ring (bicyclic) bond motifs is 10. The van der Waals surface area contributed by atoms with Crippen LogP contribution in [-0.2, 0) is 0 Å². The van der Waals surface area contributed by atoms with Crippen LogP contribution in [0, 0.1) is 13.8 Å². The average Bonchev–Trinajstić information content (AvgIpc) is 3.63. The van der Waals surface area contributed by atoms with Gasteiger partial charge < -0.3 is 9.13 Å². The molecule has 0 fully saturated rings. The van der Waals surface area contributed by atoms with Crippen LogP contribution < -0.4 is 0 Å². The quantitative estimate of drug-likeness (QED) is 0.185. The number of rotatable bonds is 4. The number of aryl methyl sites for hydroxylation is 2. The Bertz CT molecular complexity index is 2750. The van der Waals surface area contributed by atoms with Crippen LogP contribution in [0.25, 0.3) is 82.0 Å². The molecule has 0 aliphatic carbocycles. The second-order valence-electron chi connectivity index (χ2n) is 14.2. The molecule has 48 heavy (non-hydrogen) atoms. The van der Waals surface area contributed by atoms with Crippen LogP contribution in [0.4, 0.5) is 0 Å². The van der Waals surface area contributed by atoms with Crippen molar-refractivity contribution in [3.05, 3.63) is 138 Å². The number of benzene rings is 7. The van der Waals surface area contributed by atoms with E-state index in [4.69, 9.17) is 0 Å². The third kappa shape index (κ3) is 3.99. The van der Waals surface area contributed by atoms with Crippen molar-refractivity contribution in [3.63, 3.8) is 0 Å². The van der Waals surface area contributed by atoms with E-state index in [0.717, 1.165) is 0 Å². The molecular weight excluding hydrogens is 581 g/mol. The molecule has 0 N–H and O–H groups in total. The van der Waals surface area contributed by atoms with E-state index in [-0.39, 0.29) is 6.04 Å². The molecular formula is C46H40N2. The summed E-state index contributed by atoms with van der Waals surface area (Å²) in [5.74, 6) is 0.474. The highest BCUT2D eigenvalue weighted by Crippen LogP contribution is 2.47. The Morgan fingerprint density at radius 2 is 1.15 bits per heavy atom. The molecule has 0 saturated carbocycles. The zero-order chi connectivity index (χ0) is 32.8. The van der Waals surface area contributed by atoms with E-state index < -0.39 is 0 Å². The lowest BCUT2D eigenvalue weighted by Gasteiger charge is -2.20. The summed E-state index contributed by atoms with van der Waals surface area (Å²) in [7, 11) is 0. The molecule has 0 aliphatic rings. The highest BCUT2D eigenvalue weighted by Gasteiger charge is 2.24. The van der Waals surface area contributed by atoms with E-state index in [0.29, 0.717) is 5.92 Å². The number of nitrogens with zero attached hydrogens (tertiary/aromatic N) is 2. The fourth-order valence-corrected chi connectivity index (χ4v) is 8.61. The molecule has 2 nitrogen and oxygen atoms in total. The van der Waals surface area contributed by atoms with Gasteiger partial charge in [-0.3, -0.25) is 0 Å². The van der Waals surface area contributed by atoms with Crippen molar-refractivity contribution < 1.29 is 0 Å². The Labute approximate surface area is 281 Å². The van der Waals surface area contributed by atoms with E-state index in [1.807, 2.05) is 0 Å². The van der Waals surface area contributed by atoms with Crippen LogP contribution in [0.3, 0.4) is 0 Å². The third-order valence-corrected chi connectivity index (χ3v) is 10.6. The second-order valence-corrected chi connectivity index (χ2v) is 14.2. The lowest BCUT2D eigenvalue weighted by molar-refractivity contribution is 0.643. The van der Waals surface area contributed by atoms with Gasteiger partial charge in [-0.15, -0.1) is 0 Å². The minimum Gasteiger partial charge on any atom is -0.337 e. The molecule has 2 heteroatoms. The molecule has 7 aromatic carbocycles. The molecule has 0 spiro atoms. The van der Waals surface area contributed by atoms with Crippen LogP contribution in [0.15, 0.2) is 121 Å². The fraction of sp³-hybridized carbons (Fsp3) is 0.174. The van der Waals surface area contributed by atoms with E-state index in [1.54, 1.807) is 0 Å². The molecule has 9 aromatic rings. The van der Waals surface area contributed by atoms with Crippen LogP contribution in [0.2, 0.25) is 0 Å². The van der Waals surface area contributed by atoms with Crippen molar-refractivity contribution >= 4 is 65.2 Å². The summed E-state index contributed by atoms with van der Waals surface area (Å²) in [5, 5.41) is 10.4. The van der Waals surface area contributed by atoms with Crippen LogP contribution >= 0.6 is 0 Å². The summed E-state index contributed by atoms with van der Waals surface area (Å²) < 4.78 is 5.14. The smallest absolute Gasteiger partial charge is 0.0626 e. The van der Waals surface area contributed by atoms with E-state index in [2.05, 4.69) is 172 Å². The summed E-state index contributed by atoms with van der Waals surface area (Å²) in [6.45, 7) is 13.8. The van der Waals surface area contributed by atoms with Crippen molar-refractivity contribution in [2.45, 2.75) is 53.5 Å². The van der Waals surface area contributed by atoms with Crippen LogP contribution in [-0.4, -0.2) is 9.13 Å². The summed E-state index contributed by atoms with van der Waals surface area (Å²) in [6.07, 6.45) is 0. The number of hydrogen-bond donors (Lipinski definition) is 0. The Balaban J connectivity index is 1.52. The Hall–Kier alpha value is -5.34. The first-order valence-electron chi connectivity index (χ1n) is 17.3. The van der Waals surface area contributed by atoms with Gasteiger partial charge in [0.15, 0.2) is 0 Å². The molecule has 0 aliphatic heterocycles. The Morgan fingerprint density at radius 1 is 0.479 bits per heavy atom. The normalized spacial score (nSPS) is 12.3. The summed E-state index contributed by atoms with van der Waals surface area (Å²) in [6, 6.07) is 45.9. The van der Waals surface area contributed by atoms with Gasteiger partial charge in [0.2, 0.25) is 0 Å². The fourth-order valence-electron chi connectivity index (χ4n) is 8.61. The van der Waals surface area contributed by atoms with E-state index >= 15 is 0 Å². The van der Waals surface area contributed by atoms with Gasteiger partial charge in [0, 0.05) is 49.9 Å². The maximum absolute atomic E-state index is 2.58. The lowest BCUT2D eigenvalue weighted by atomic mass is 9.93. The SMILES string of the molecule is Cc1cc(-n2c3ccccc3c3c4ccccc4cc(-c4cccc5c6c7ccccc7ccc6n(C(C)C)c45)c32)c(C)cc1C(C)C. The lowest BCUT2D eigenvalue weighted by Crippen LogP contribution is -2.03. The number of aromatic nitrogens is 2. The highest BCUT2D eigenvalue weighted by atomic mass is 15.0. The first-order chi connectivity index (χ1) is 23.3. The van der Waals surface area contributed by atoms with Crippen molar-refractivity contribution in [3.8, 4) is 16.8 Å². The minimum absolute atomic E-state index is 0.280. The molecule has 2 aromatic heterocycles. The summed E-state index contributed by atoms with van der Waals surface area (Å²) >= 11 is 0. The summed E-state index contributed by atoms with van der Waals surface area (Å²) in [4.78, 5) is 0. The maximum atomic E-state index is 2.58. The Morgan fingerprint density at radius 3 is 1.90 bits per heavy atom. The number of hydrogen-bond acceptors (Lipinski definition) is 0. The Kier molecular flexibility index (Phi) is 6.36. The molecule has 234 valence electrons. The van der Waals surface area contributed by atoms with Gasteiger partial charge >= 0.3 is 0 Å². The average molecular weight is 621 g/mol. The van der Waals surface area contributed by atoms with Gasteiger partial charge in [-0.25, -0.2) is 0 Å². The predicted molar refractivity (Wildman–Crippen MR) is 208 cm³/mol. The largest absolute Gasteiger partial charge is 0.337 e. The molecule has 0 atom stereocenters. The molecule has 0 amide bonds. The highest BCUT2D eigenvalue weighted by molar-refractivity contribution is 6.28. The standard InChI is InChI=1S/C46H40N2/c1-27(2)38-24-30(6)42(25-29(38)5)48-40-21-12-11-18-36(40)44-34-17-10-8-15-32(34)26-39(46(44)48)35-19-13-20-37-43-33-16-9-7-14-31(33)22-23-41(43)47(28(3)4)45(35)37/h7-28H,1-6H3. The molecule has 9 rings (SSSR count). The van der Waals surface area contributed by atoms with E-state index in [9.17, 15) is 0 Å². The first kappa shape index (κ1) is 28.8. The zero-order valence-corrected chi connectivity index (χ0v) is 28.6. The zero-order valence-electron chi connectivity index (χ0n) is 28.6. The van der Waals surface area contributed by atoms with Gasteiger partial charge in [-0.2, -0.15) is 0 Å². The third-order valence-electron chi connectivity index (χ3n) is 10.6. The van der Waals surface area contributed by atoms with Gasteiger partial charge in [0.1, 0.15) is 0 Å². The van der Waals surface area contributed by atoms with Gasteiger partial charge in [-0.05, 0) is 96.1 Å². The van der Waals surface area contributed by atoms with Gasteiger partial charge in [-0.1, -0.05) is 111 Å². The van der Waals surface area contributed by atoms with Crippen LogP contribution in [0.1, 0.15) is 56.3 Å². The predicted octanol–water partition coefficient (Wildman–Crippen LogP) is 13.2. The van der Waals surface area contributed by atoms with Crippen molar-refractivity contribution in [2.75, 3.05) is 0 Å². The minimum atomic E-state index is 0.280. The maximum Gasteiger partial charge on any atom is 0.0626 e. The van der Waals surface area contributed by atoms with Crippen LogP contribution in [0.5, 0.6) is 0 Å². The molecule has 2 heterocycles. The van der Waals surface area contributed by atoms with Gasteiger partial charge in [0.05, 0.1) is 16.6 Å². The van der Waals surface area contributed by atoms with Crippen molar-refractivity contribution in [2.24, 2.45) is 0 Å². The van der Waals surface area contributed by atoms with Crippen molar-refractivity contribution in [1.82, 2.24) is 9.13 Å². The summed E-state index contributed by atoms with van der Waals surface area (Å²) in [5.41, 5.74) is 13.0. The molecule has 0 radical (unpaired) electrons. The molecule has 0 saturated heterocycles.